The van der Waals surface area contributed by atoms with E-state index in [0.717, 1.165) is 69.4 Å². The molecule has 2 aromatic carbocycles. The lowest BCUT2D eigenvalue weighted by Crippen LogP contribution is -2.47. The first-order valence-electron chi connectivity index (χ1n) is 15.3. The van der Waals surface area contributed by atoms with Gasteiger partial charge in [0.05, 0.1) is 0 Å². The molecule has 1 amide bonds. The molecule has 1 atom stereocenters. The summed E-state index contributed by atoms with van der Waals surface area (Å²) < 4.78 is 4.25. The Bertz CT molecular complexity index is 1320. The number of aliphatic hydroxyl groups excluding tert-OH is 1. The van der Waals surface area contributed by atoms with Crippen LogP contribution in [0.4, 0.5) is 5.69 Å². The molecular formula is C37H55N3O3. The van der Waals surface area contributed by atoms with Crippen molar-refractivity contribution >= 4 is 28.8 Å². The number of allylic oxidation sites excluding steroid dienone is 6. The minimum Gasteiger partial charge on any atom is -0.400 e. The zero-order chi connectivity index (χ0) is 32.1. The number of methoxy groups -OCH3 is 1. The lowest BCUT2D eigenvalue weighted by Gasteiger charge is -2.32. The first-order chi connectivity index (χ1) is 20.7. The Balaban J connectivity index is 0.00000152. The van der Waals surface area contributed by atoms with Crippen molar-refractivity contribution in [2.45, 2.75) is 52.9 Å². The summed E-state index contributed by atoms with van der Waals surface area (Å²) in [5.41, 5.74) is 18.5. The van der Waals surface area contributed by atoms with E-state index in [2.05, 4.69) is 75.2 Å². The lowest BCUT2D eigenvalue weighted by atomic mass is 9.79. The number of amides is 1. The monoisotopic (exact) mass is 589 g/mol. The highest BCUT2D eigenvalue weighted by molar-refractivity contribution is 5.95. The molecule has 236 valence electrons. The van der Waals surface area contributed by atoms with Crippen LogP contribution in [0.2, 0.25) is 0 Å². The zero-order valence-electron chi connectivity index (χ0n) is 27.7. The smallest absolute Gasteiger partial charge is 0.253 e. The van der Waals surface area contributed by atoms with E-state index in [1.165, 1.54) is 39.0 Å². The molecule has 0 aromatic heterocycles. The van der Waals surface area contributed by atoms with Crippen LogP contribution in [0.1, 0.15) is 86.9 Å². The molecule has 1 unspecified atom stereocenters. The number of ether oxygens (including phenoxy) is 1. The topological polar surface area (TPSA) is 79.0 Å². The SMILES string of the molecule is C=CC=Cc1c(N)ccc2c1C(CCC)=C(CC)C(c1ccc(C(=O)N3CCN(C)CC3)cc1)C(C)=C2C.CO.COC.[HH]. The summed E-state index contributed by atoms with van der Waals surface area (Å²) in [4.78, 5) is 17.4. The summed E-state index contributed by atoms with van der Waals surface area (Å²) in [6.45, 7) is 16.3. The van der Waals surface area contributed by atoms with E-state index in [1.54, 1.807) is 20.3 Å². The van der Waals surface area contributed by atoms with Crippen LogP contribution in [0.3, 0.4) is 0 Å². The molecule has 4 rings (SSSR count). The first kappa shape index (κ1) is 35.7. The molecule has 43 heavy (non-hydrogen) atoms. The largest absolute Gasteiger partial charge is 0.400 e. The van der Waals surface area contributed by atoms with Crippen molar-refractivity contribution in [1.82, 2.24) is 9.80 Å². The van der Waals surface area contributed by atoms with Crippen molar-refractivity contribution in [2.75, 3.05) is 60.3 Å². The summed E-state index contributed by atoms with van der Waals surface area (Å²) in [5.74, 6) is 0.299. The van der Waals surface area contributed by atoms with Gasteiger partial charge in [0.1, 0.15) is 0 Å². The predicted molar refractivity (Wildman–Crippen MR) is 186 cm³/mol. The normalized spacial score (nSPS) is 17.0. The van der Waals surface area contributed by atoms with Gasteiger partial charge in [-0.15, -0.1) is 0 Å². The highest BCUT2D eigenvalue weighted by atomic mass is 16.4. The average Bonchev–Trinajstić information content (AvgIpc) is 3.11. The number of hydrogen-bond acceptors (Lipinski definition) is 5. The fraction of sp³-hybridized carbons (Fsp3) is 0.432. The van der Waals surface area contributed by atoms with Crippen LogP contribution in [0.5, 0.6) is 0 Å². The van der Waals surface area contributed by atoms with E-state index in [9.17, 15) is 4.79 Å². The molecule has 1 aliphatic carbocycles. The van der Waals surface area contributed by atoms with Gasteiger partial charge in [0.25, 0.3) is 5.91 Å². The van der Waals surface area contributed by atoms with Crippen molar-refractivity contribution in [3.05, 3.63) is 94.1 Å². The van der Waals surface area contributed by atoms with E-state index in [0.29, 0.717) is 0 Å². The van der Waals surface area contributed by atoms with Crippen molar-refractivity contribution in [3.8, 4) is 0 Å². The summed E-state index contributed by atoms with van der Waals surface area (Å²) in [5, 5.41) is 7.00. The Hall–Kier alpha value is -3.45. The number of carbonyl (C=O) groups is 1. The standard InChI is InChI=1S/C34H43N3O.C2H6O.CH4O.H2/c1-7-10-12-30-31(35)18-17-28-23(4)24(5)32(27(9-3)29(11-8-2)33(28)30)25-13-15-26(16-14-25)34(38)37-21-19-36(6)20-22-37;1-3-2;1-2;/h7,10,12-18,32H,1,8-9,11,19-22,35H2,2-6H3;1-2H3;2H,1H3;1H. The molecule has 0 bridgehead atoms. The molecule has 0 spiro atoms. The maximum Gasteiger partial charge on any atom is 0.253 e. The maximum atomic E-state index is 13.2. The molecule has 0 radical (unpaired) electrons. The average molecular weight is 590 g/mol. The van der Waals surface area contributed by atoms with Crippen molar-refractivity contribution in [2.24, 2.45) is 0 Å². The Morgan fingerprint density at radius 1 is 1.07 bits per heavy atom. The van der Waals surface area contributed by atoms with Gasteiger partial charge in [-0.25, -0.2) is 0 Å². The van der Waals surface area contributed by atoms with Crippen LogP contribution in [0, 0.1) is 0 Å². The van der Waals surface area contributed by atoms with Crippen molar-refractivity contribution in [3.63, 3.8) is 0 Å². The molecule has 6 heteroatoms. The van der Waals surface area contributed by atoms with Gasteiger partial charge in [-0.3, -0.25) is 4.79 Å². The number of hydrogen-bond donors (Lipinski definition) is 2. The van der Waals surface area contributed by atoms with Gasteiger partial charge < -0.3 is 25.4 Å². The minimum absolute atomic E-state index is 0. The highest BCUT2D eigenvalue weighted by Crippen LogP contribution is 2.48. The van der Waals surface area contributed by atoms with Crippen LogP contribution >= 0.6 is 0 Å². The molecule has 2 aliphatic rings. The molecular weight excluding hydrogens is 534 g/mol. The first-order valence-corrected chi connectivity index (χ1v) is 15.3. The second kappa shape index (κ2) is 17.6. The number of nitrogens with zero attached hydrogens (tertiary/aromatic N) is 2. The Morgan fingerprint density at radius 2 is 1.67 bits per heavy atom. The summed E-state index contributed by atoms with van der Waals surface area (Å²) in [7, 11) is 6.36. The maximum absolute atomic E-state index is 13.2. The number of rotatable bonds is 7. The van der Waals surface area contributed by atoms with Crippen LogP contribution in [-0.4, -0.2) is 75.4 Å². The van der Waals surface area contributed by atoms with Gasteiger partial charge in [-0.05, 0) is 79.8 Å². The molecule has 3 N–H and O–H groups in total. The number of carbonyl (C=O) groups excluding carboxylic acids is 1. The Labute approximate surface area is 261 Å². The summed E-state index contributed by atoms with van der Waals surface area (Å²) >= 11 is 0. The molecule has 1 saturated heterocycles. The van der Waals surface area contributed by atoms with Crippen LogP contribution in [0.15, 0.2) is 66.3 Å². The molecule has 2 aromatic rings. The quantitative estimate of drug-likeness (QED) is 0.258. The number of piperazine rings is 1. The van der Waals surface area contributed by atoms with E-state index in [-0.39, 0.29) is 13.3 Å². The van der Waals surface area contributed by atoms with E-state index >= 15 is 0 Å². The van der Waals surface area contributed by atoms with E-state index in [4.69, 9.17) is 10.8 Å². The number of likely N-dealkylation sites (N-methyl/N-ethyl adjacent to an activating group) is 1. The summed E-state index contributed by atoms with van der Waals surface area (Å²) in [6.07, 6.45) is 8.89. The van der Waals surface area contributed by atoms with Gasteiger partial charge in [-0.2, -0.15) is 0 Å². The van der Waals surface area contributed by atoms with Crippen LogP contribution in [0.25, 0.3) is 17.2 Å². The van der Waals surface area contributed by atoms with Crippen molar-refractivity contribution < 1.29 is 16.1 Å². The fourth-order valence-corrected chi connectivity index (χ4v) is 6.06. The summed E-state index contributed by atoms with van der Waals surface area (Å²) in [6, 6.07) is 12.6. The zero-order valence-corrected chi connectivity index (χ0v) is 27.7. The predicted octanol–water partition coefficient (Wildman–Crippen LogP) is 7.53. The Kier molecular flexibility index (Phi) is 14.6. The number of benzene rings is 2. The third-order valence-corrected chi connectivity index (χ3v) is 8.31. The molecule has 1 aliphatic heterocycles. The van der Waals surface area contributed by atoms with Crippen molar-refractivity contribution in [1.29, 1.82) is 0 Å². The second-order valence-electron chi connectivity index (χ2n) is 11.1. The molecule has 1 fully saturated rings. The molecule has 0 saturated carbocycles. The highest BCUT2D eigenvalue weighted by Gasteiger charge is 2.30. The third kappa shape index (κ3) is 8.35. The number of aliphatic hydroxyl groups is 1. The van der Waals surface area contributed by atoms with E-state index in [1.807, 2.05) is 29.2 Å². The molecule has 6 nitrogen and oxygen atoms in total. The van der Waals surface area contributed by atoms with Crippen LogP contribution in [-0.2, 0) is 4.74 Å². The number of nitrogens with two attached hydrogens (primary N) is 1. The minimum atomic E-state index is 0. The lowest BCUT2D eigenvalue weighted by molar-refractivity contribution is 0.0664. The second-order valence-corrected chi connectivity index (χ2v) is 11.1. The van der Waals surface area contributed by atoms with Gasteiger partial charge in [0.15, 0.2) is 0 Å². The fourth-order valence-electron chi connectivity index (χ4n) is 6.06. The van der Waals surface area contributed by atoms with Gasteiger partial charge in [-0.1, -0.05) is 74.4 Å². The number of nitrogen functional groups attached to an aromatic ring is 1. The number of anilines is 1. The number of fused-ring (bicyclic) bond motifs is 1. The van der Waals surface area contributed by atoms with Crippen LogP contribution < -0.4 is 5.73 Å². The van der Waals surface area contributed by atoms with Gasteiger partial charge in [0, 0.05) is 71.7 Å². The van der Waals surface area contributed by atoms with Gasteiger partial charge in [0.2, 0.25) is 0 Å². The molecule has 1 heterocycles. The van der Waals surface area contributed by atoms with E-state index < -0.39 is 0 Å². The third-order valence-electron chi connectivity index (χ3n) is 8.31. The van der Waals surface area contributed by atoms with Gasteiger partial charge >= 0.3 is 0 Å². The Morgan fingerprint density at radius 3 is 2.21 bits per heavy atom.